The molecule has 1 aromatic rings. The molecule has 0 aromatic heterocycles. The van der Waals surface area contributed by atoms with Gasteiger partial charge in [0.15, 0.2) is 5.78 Å². The van der Waals surface area contributed by atoms with Gasteiger partial charge in [0, 0.05) is 17.8 Å². The van der Waals surface area contributed by atoms with Crippen LogP contribution in [0.15, 0.2) is 53.6 Å². The molecule has 44 heavy (non-hydrogen) atoms. The van der Waals surface area contributed by atoms with Crippen LogP contribution < -0.4 is 0 Å². The summed E-state index contributed by atoms with van der Waals surface area (Å²) in [5, 5.41) is 12.4. The van der Waals surface area contributed by atoms with Gasteiger partial charge in [0.05, 0.1) is 0 Å². The third-order valence-corrected chi connectivity index (χ3v) is 18.8. The molecule has 5 heteroatoms. The van der Waals surface area contributed by atoms with E-state index in [-0.39, 0.29) is 46.6 Å². The van der Waals surface area contributed by atoms with Crippen molar-refractivity contribution in [2.24, 2.45) is 17.3 Å². The van der Waals surface area contributed by atoms with Crippen LogP contribution >= 0.6 is 0 Å². The minimum Gasteiger partial charge on any atom is -0.382 e. The van der Waals surface area contributed by atoms with Gasteiger partial charge >= 0.3 is 5.92 Å². The number of carbonyl (C=O) groups excluding carboxylic acids is 1. The average molecular weight is 619 g/mol. The maximum atomic E-state index is 16.8. The van der Waals surface area contributed by atoms with Crippen LogP contribution in [-0.2, 0) is 4.79 Å². The second kappa shape index (κ2) is 11.5. The number of alkyl halides is 2. The van der Waals surface area contributed by atoms with E-state index in [0.717, 1.165) is 41.5 Å². The largest absolute Gasteiger partial charge is 0.382 e. The van der Waals surface area contributed by atoms with Crippen LogP contribution in [0.4, 0.5) is 8.78 Å². The first-order valence-electron chi connectivity index (χ1n) is 16.9. The van der Waals surface area contributed by atoms with Gasteiger partial charge in [-0.3, -0.25) is 4.79 Å². The van der Waals surface area contributed by atoms with Crippen molar-refractivity contribution in [2.45, 2.75) is 134 Å². The standard InChI is InChI=1S/C39H52F2O2Si/c1-24(2)28-10-12-29(13-11-28)34-23-37(9)35(33-16-14-30-22-31(42)15-17-32(30)36(33)34)18-19-38(37,43)39(40,41)20-21-44(25(3)4,26(5)6)27(7)8/h10-13,22,25-27,33-35,43H,1,14-19,23H2,2-9H3/t33?,34?,35?,37-,38-/m0/s1. The second-order valence-corrected chi connectivity index (χ2v) is 21.1. The molecule has 0 amide bonds. The van der Waals surface area contributed by atoms with Crippen LogP contribution in [0.3, 0.4) is 0 Å². The minimum absolute atomic E-state index is 0.0526. The Kier molecular flexibility index (Phi) is 8.65. The highest BCUT2D eigenvalue weighted by molar-refractivity contribution is 6.90. The predicted molar refractivity (Wildman–Crippen MR) is 180 cm³/mol. The van der Waals surface area contributed by atoms with Crippen LogP contribution in [0.2, 0.25) is 16.6 Å². The first-order chi connectivity index (χ1) is 20.5. The van der Waals surface area contributed by atoms with E-state index in [1.54, 1.807) is 0 Å². The normalized spacial score (nSPS) is 30.5. The van der Waals surface area contributed by atoms with Gasteiger partial charge < -0.3 is 5.11 Å². The molecule has 0 spiro atoms. The number of hydrogen-bond donors (Lipinski definition) is 1. The van der Waals surface area contributed by atoms with Gasteiger partial charge in [0.1, 0.15) is 13.7 Å². The van der Waals surface area contributed by atoms with E-state index in [4.69, 9.17) is 0 Å². The second-order valence-electron chi connectivity index (χ2n) is 15.5. The molecule has 3 unspecified atom stereocenters. The summed E-state index contributed by atoms with van der Waals surface area (Å²) in [5.41, 5.74) is 7.62. The fraction of sp³-hybridized carbons (Fsp3) is 0.615. The summed E-state index contributed by atoms with van der Waals surface area (Å²) in [6, 6.07) is 8.39. The molecule has 4 aliphatic carbocycles. The third kappa shape index (κ3) is 4.94. The lowest BCUT2D eigenvalue weighted by Crippen LogP contribution is -2.60. The number of rotatable bonds is 6. The first kappa shape index (κ1) is 33.1. The Labute approximate surface area is 265 Å². The van der Waals surface area contributed by atoms with E-state index >= 15 is 8.78 Å². The SMILES string of the molecule is C=C(C)c1ccc(C2C[C@@]3(C)C(CC[C@@]3(O)C(F)(F)C#C[Si](C(C)C)(C(C)C)C(C)C)C3CCC4=CC(=O)CCC4=C23)cc1. The van der Waals surface area contributed by atoms with Crippen LogP contribution in [0.5, 0.6) is 0 Å². The van der Waals surface area contributed by atoms with Crippen molar-refractivity contribution in [1.82, 2.24) is 0 Å². The van der Waals surface area contributed by atoms with E-state index < -0.39 is 25.0 Å². The molecule has 1 N–H and O–H groups in total. The summed E-state index contributed by atoms with van der Waals surface area (Å²) < 4.78 is 33.6. The monoisotopic (exact) mass is 618 g/mol. The van der Waals surface area contributed by atoms with Crippen LogP contribution in [-0.4, -0.2) is 30.5 Å². The molecule has 0 aliphatic heterocycles. The fourth-order valence-corrected chi connectivity index (χ4v) is 15.4. The highest BCUT2D eigenvalue weighted by Gasteiger charge is 2.71. The molecule has 0 bridgehead atoms. The number of fused-ring (bicyclic) bond motifs is 4. The van der Waals surface area contributed by atoms with Gasteiger partial charge in [-0.05, 0) is 108 Å². The van der Waals surface area contributed by atoms with E-state index in [1.807, 2.05) is 19.9 Å². The Bertz CT molecular complexity index is 1430. The quantitative estimate of drug-likeness (QED) is 0.254. The number of benzene rings is 1. The van der Waals surface area contributed by atoms with Crippen molar-refractivity contribution in [2.75, 3.05) is 0 Å². The molecule has 1 aromatic carbocycles. The van der Waals surface area contributed by atoms with Gasteiger partial charge in [0.25, 0.3) is 0 Å². The van der Waals surface area contributed by atoms with Gasteiger partial charge in [-0.2, -0.15) is 8.78 Å². The summed E-state index contributed by atoms with van der Waals surface area (Å²) in [6.45, 7) is 20.8. The van der Waals surface area contributed by atoms with E-state index in [9.17, 15) is 9.90 Å². The molecule has 5 rings (SSSR count). The Hall–Kier alpha value is -2.29. The molecular formula is C39H52F2O2Si. The molecule has 0 saturated heterocycles. The lowest BCUT2D eigenvalue weighted by Gasteiger charge is -2.55. The predicted octanol–water partition coefficient (Wildman–Crippen LogP) is 10.2. The Morgan fingerprint density at radius 2 is 1.64 bits per heavy atom. The summed E-state index contributed by atoms with van der Waals surface area (Å²) in [6.07, 6.45) is 5.74. The molecule has 0 radical (unpaired) electrons. The summed E-state index contributed by atoms with van der Waals surface area (Å²) >= 11 is 0. The maximum absolute atomic E-state index is 16.8. The van der Waals surface area contributed by atoms with Gasteiger partial charge in [0.2, 0.25) is 0 Å². The minimum atomic E-state index is -3.52. The zero-order chi connectivity index (χ0) is 32.4. The highest BCUT2D eigenvalue weighted by atomic mass is 28.3. The van der Waals surface area contributed by atoms with Crippen LogP contribution in [0, 0.1) is 28.7 Å². The average Bonchev–Trinajstić information content (AvgIpc) is 3.23. The molecule has 238 valence electrons. The summed E-state index contributed by atoms with van der Waals surface area (Å²) in [7, 11) is -2.42. The van der Waals surface area contributed by atoms with E-state index in [1.165, 1.54) is 11.1 Å². The molecule has 2 saturated carbocycles. The van der Waals surface area contributed by atoms with E-state index in [2.05, 4.69) is 83.9 Å². The highest BCUT2D eigenvalue weighted by Crippen LogP contribution is 2.69. The number of allylic oxidation sites excluding steroid dienone is 5. The molecular weight excluding hydrogens is 567 g/mol. The number of aliphatic hydroxyl groups is 1. The van der Waals surface area contributed by atoms with Crippen molar-refractivity contribution in [1.29, 1.82) is 0 Å². The Morgan fingerprint density at radius 1 is 1.02 bits per heavy atom. The van der Waals surface area contributed by atoms with Crippen molar-refractivity contribution < 1.29 is 18.7 Å². The number of halogens is 2. The van der Waals surface area contributed by atoms with Gasteiger partial charge in [-0.25, -0.2) is 0 Å². The molecule has 4 aliphatic rings. The third-order valence-electron chi connectivity index (χ3n) is 12.5. The molecule has 2 nitrogen and oxygen atoms in total. The molecule has 0 heterocycles. The van der Waals surface area contributed by atoms with Gasteiger partial charge in [-0.15, -0.1) is 5.54 Å². The zero-order valence-corrected chi connectivity index (χ0v) is 29.1. The first-order valence-corrected chi connectivity index (χ1v) is 19.1. The number of ketones is 1. The summed E-state index contributed by atoms with van der Waals surface area (Å²) in [4.78, 5) is 12.4. The van der Waals surface area contributed by atoms with Crippen molar-refractivity contribution in [3.8, 4) is 11.5 Å². The van der Waals surface area contributed by atoms with E-state index in [0.29, 0.717) is 19.3 Å². The lowest BCUT2D eigenvalue weighted by atomic mass is 9.50. The topological polar surface area (TPSA) is 37.3 Å². The van der Waals surface area contributed by atoms with Crippen LogP contribution in [0.25, 0.3) is 5.57 Å². The molecule has 2 fully saturated rings. The number of carbonyl (C=O) groups is 1. The Morgan fingerprint density at radius 3 is 2.20 bits per heavy atom. The zero-order valence-electron chi connectivity index (χ0n) is 28.1. The maximum Gasteiger partial charge on any atom is 0.336 e. The molecule has 5 atom stereocenters. The number of hydrogen-bond acceptors (Lipinski definition) is 2. The smallest absolute Gasteiger partial charge is 0.336 e. The lowest BCUT2D eigenvalue weighted by molar-refractivity contribution is -0.209. The van der Waals surface area contributed by atoms with Gasteiger partial charge in [-0.1, -0.05) is 90.5 Å². The van der Waals surface area contributed by atoms with Crippen molar-refractivity contribution >= 4 is 19.4 Å². The fourth-order valence-electron chi connectivity index (χ4n) is 10.2. The van der Waals surface area contributed by atoms with Crippen molar-refractivity contribution in [3.63, 3.8) is 0 Å². The Balaban J connectivity index is 1.64. The summed E-state index contributed by atoms with van der Waals surface area (Å²) in [5.74, 6) is -0.856. The van der Waals surface area contributed by atoms with Crippen molar-refractivity contribution in [3.05, 3.63) is 64.8 Å². The van der Waals surface area contributed by atoms with Crippen LogP contribution in [0.1, 0.15) is 117 Å².